The van der Waals surface area contributed by atoms with E-state index in [1.165, 1.54) is 64.8 Å². The van der Waals surface area contributed by atoms with Crippen molar-refractivity contribution in [3.8, 4) is 0 Å². The van der Waals surface area contributed by atoms with E-state index in [4.69, 9.17) is 4.74 Å². The SMILES string of the molecule is CCCCCCc1c(C(=O)O)sc2c(Br)csc12.CCCCCCc1c(C(=O)OCC)sc2c(Br)csc12.[Li+].[OH-]. The monoisotopic (exact) mass is 744 g/mol. The zero-order chi connectivity index (χ0) is 27.7. The van der Waals surface area contributed by atoms with Crippen molar-refractivity contribution in [2.24, 2.45) is 0 Å². The van der Waals surface area contributed by atoms with Gasteiger partial charge in [0.2, 0.25) is 0 Å². The summed E-state index contributed by atoms with van der Waals surface area (Å²) >= 11 is 13.4. The van der Waals surface area contributed by atoms with Crippen molar-refractivity contribution in [3.05, 3.63) is 40.6 Å². The van der Waals surface area contributed by atoms with Crippen LogP contribution in [-0.2, 0) is 17.6 Å². The van der Waals surface area contributed by atoms with Crippen LogP contribution in [0, 0.1) is 0 Å². The third kappa shape index (κ3) is 9.65. The van der Waals surface area contributed by atoms with Crippen molar-refractivity contribution in [2.75, 3.05) is 6.61 Å². The maximum Gasteiger partial charge on any atom is 1.00 e. The summed E-state index contributed by atoms with van der Waals surface area (Å²) in [4.78, 5) is 24.7. The van der Waals surface area contributed by atoms with Crippen LogP contribution in [0.2, 0.25) is 0 Å². The fourth-order valence-corrected chi connectivity index (χ4v) is 10.6. The summed E-state index contributed by atoms with van der Waals surface area (Å²) in [6, 6.07) is 0. The molecule has 0 saturated heterocycles. The average molecular weight is 747 g/mol. The van der Waals surface area contributed by atoms with E-state index in [2.05, 4.69) is 51.1 Å². The van der Waals surface area contributed by atoms with Crippen LogP contribution < -0.4 is 18.9 Å². The zero-order valence-electron chi connectivity index (χ0n) is 23.4. The Bertz CT molecular complexity index is 1360. The molecule has 0 amide bonds. The first kappa shape index (κ1) is 37.8. The fourth-order valence-electron chi connectivity index (χ4n) is 4.24. The number of carbonyl (C=O) groups excluding carboxylic acids is 1. The minimum absolute atomic E-state index is 0. The van der Waals surface area contributed by atoms with Gasteiger partial charge in [0.25, 0.3) is 0 Å². The second-order valence-corrected chi connectivity index (χ2v) is 14.5. The van der Waals surface area contributed by atoms with Gasteiger partial charge in [-0.15, -0.1) is 45.3 Å². The van der Waals surface area contributed by atoms with E-state index in [0.717, 1.165) is 54.5 Å². The third-order valence-electron chi connectivity index (χ3n) is 6.13. The Morgan fingerprint density at radius 1 is 0.750 bits per heavy atom. The number of rotatable bonds is 13. The fraction of sp³-hybridized carbons (Fsp3) is 0.500. The molecular weight excluding hydrogens is 711 g/mol. The first-order chi connectivity index (χ1) is 18.3. The number of esters is 1. The van der Waals surface area contributed by atoms with Crippen molar-refractivity contribution in [1.29, 1.82) is 0 Å². The smallest absolute Gasteiger partial charge is 0.870 e. The number of hydrogen-bond acceptors (Lipinski definition) is 8. The van der Waals surface area contributed by atoms with Gasteiger partial charge in [0.05, 0.1) is 25.4 Å². The molecule has 0 spiro atoms. The standard InChI is InChI=1S/C15H19BrO2S2.C13H15BrO2S2.Li.H2O/c1-3-5-6-7-8-10-12-14(11(16)9-19-12)20-13(10)15(17)18-4-2;1-2-3-4-5-6-8-10-12(9(14)7-17-10)18-11(8)13(15)16;;/h9H,3-8H2,1-2H3;7H,2-6H2,1H3,(H,15,16);;1H2/q;;+1;/p-1. The second kappa shape index (κ2) is 19.1. The number of carboxylic acid groups (broad SMARTS) is 1. The number of thiophene rings is 4. The molecule has 40 heavy (non-hydrogen) atoms. The van der Waals surface area contributed by atoms with E-state index < -0.39 is 5.97 Å². The van der Waals surface area contributed by atoms with E-state index in [-0.39, 0.29) is 30.3 Å². The largest absolute Gasteiger partial charge is 1.00 e. The van der Waals surface area contributed by atoms with E-state index >= 15 is 0 Å². The molecule has 0 saturated carbocycles. The van der Waals surface area contributed by atoms with Crippen molar-refractivity contribution in [3.63, 3.8) is 0 Å². The third-order valence-corrected chi connectivity index (χ3v) is 13.3. The molecule has 0 bridgehead atoms. The minimum atomic E-state index is -0.791. The van der Waals surface area contributed by atoms with Gasteiger partial charge < -0.3 is 15.3 Å². The zero-order valence-corrected chi connectivity index (χ0v) is 29.9. The molecular formula is C28H35Br2LiO5S4. The Kier molecular flexibility index (Phi) is 18.1. The van der Waals surface area contributed by atoms with Gasteiger partial charge >= 0.3 is 30.8 Å². The van der Waals surface area contributed by atoms with Crippen molar-refractivity contribution in [2.45, 2.75) is 85.0 Å². The van der Waals surface area contributed by atoms with E-state index in [0.29, 0.717) is 11.5 Å². The van der Waals surface area contributed by atoms with Gasteiger partial charge in [-0.3, -0.25) is 0 Å². The van der Waals surface area contributed by atoms with Gasteiger partial charge in [-0.05, 0) is 75.6 Å². The molecule has 12 heteroatoms. The van der Waals surface area contributed by atoms with E-state index in [1.54, 1.807) is 34.0 Å². The Hall–Kier alpha value is -0.223. The summed E-state index contributed by atoms with van der Waals surface area (Å²) in [6.45, 7) is 6.68. The minimum Gasteiger partial charge on any atom is -0.870 e. The van der Waals surface area contributed by atoms with Gasteiger partial charge in [0, 0.05) is 19.7 Å². The molecule has 2 N–H and O–H groups in total. The molecule has 0 unspecified atom stereocenters. The molecule has 5 nitrogen and oxygen atoms in total. The molecule has 0 aliphatic heterocycles. The number of halogens is 2. The van der Waals surface area contributed by atoms with Crippen LogP contribution in [0.1, 0.15) is 103 Å². The maximum absolute atomic E-state index is 12.1. The second-order valence-electron chi connectivity index (χ2n) is 8.95. The summed E-state index contributed by atoms with van der Waals surface area (Å²) in [5.41, 5.74) is 2.23. The molecule has 4 aromatic heterocycles. The molecule has 0 aliphatic rings. The topological polar surface area (TPSA) is 93.6 Å². The number of aryl methyl sites for hydroxylation is 2. The van der Waals surface area contributed by atoms with Crippen LogP contribution >= 0.6 is 77.2 Å². The first-order valence-corrected chi connectivity index (χ1v) is 18.1. The normalized spacial score (nSPS) is 10.6. The summed E-state index contributed by atoms with van der Waals surface area (Å²) in [5, 5.41) is 13.4. The number of hydrogen-bond donors (Lipinski definition) is 1. The summed E-state index contributed by atoms with van der Waals surface area (Å²) in [5.74, 6) is -0.959. The van der Waals surface area contributed by atoms with Crippen LogP contribution in [0.25, 0.3) is 18.8 Å². The average Bonchev–Trinajstić information content (AvgIpc) is 3.64. The molecule has 0 aliphatic carbocycles. The van der Waals surface area contributed by atoms with Gasteiger partial charge in [0.15, 0.2) is 0 Å². The molecule has 4 heterocycles. The Labute approximate surface area is 281 Å². The molecule has 0 radical (unpaired) electrons. The van der Waals surface area contributed by atoms with Crippen LogP contribution in [0.15, 0.2) is 19.7 Å². The Morgan fingerprint density at radius 2 is 1.20 bits per heavy atom. The Balaban J connectivity index is 0.000000383. The quantitative estimate of drug-likeness (QED) is 0.0843. The van der Waals surface area contributed by atoms with Gasteiger partial charge in [-0.25, -0.2) is 9.59 Å². The molecule has 0 atom stereocenters. The van der Waals surface area contributed by atoms with Crippen LogP contribution in [-0.4, -0.2) is 29.1 Å². The van der Waals surface area contributed by atoms with Gasteiger partial charge in [0.1, 0.15) is 9.75 Å². The molecule has 0 fully saturated rings. The van der Waals surface area contributed by atoms with E-state index in [1.807, 2.05) is 12.3 Å². The summed E-state index contributed by atoms with van der Waals surface area (Å²) in [6.07, 6.45) is 11.4. The van der Waals surface area contributed by atoms with E-state index in [9.17, 15) is 14.7 Å². The number of unbranched alkanes of at least 4 members (excludes halogenated alkanes) is 6. The molecule has 0 aromatic carbocycles. The summed E-state index contributed by atoms with van der Waals surface area (Å²) in [7, 11) is 0. The van der Waals surface area contributed by atoms with Crippen molar-refractivity contribution >= 4 is 108 Å². The molecule has 216 valence electrons. The predicted molar refractivity (Wildman–Crippen MR) is 175 cm³/mol. The first-order valence-electron chi connectivity index (χ1n) is 13.1. The van der Waals surface area contributed by atoms with Crippen molar-refractivity contribution < 1.29 is 43.8 Å². The van der Waals surface area contributed by atoms with Crippen LogP contribution in [0.5, 0.6) is 0 Å². The maximum atomic E-state index is 12.1. The number of fused-ring (bicyclic) bond motifs is 2. The van der Waals surface area contributed by atoms with Gasteiger partial charge in [-0.1, -0.05) is 52.4 Å². The number of aromatic carboxylic acids is 1. The van der Waals surface area contributed by atoms with Gasteiger partial charge in [-0.2, -0.15) is 0 Å². The number of carbonyl (C=O) groups is 2. The number of carboxylic acids is 1. The van der Waals surface area contributed by atoms with Crippen LogP contribution in [0.4, 0.5) is 0 Å². The number of ether oxygens (including phenoxy) is 1. The predicted octanol–water partition coefficient (Wildman–Crippen LogP) is 8.40. The Morgan fingerprint density at radius 3 is 1.62 bits per heavy atom. The molecule has 4 aromatic rings. The summed E-state index contributed by atoms with van der Waals surface area (Å²) < 4.78 is 12.0. The van der Waals surface area contributed by atoms with Crippen LogP contribution in [0.3, 0.4) is 0 Å². The van der Waals surface area contributed by atoms with Crippen molar-refractivity contribution in [1.82, 2.24) is 0 Å². The molecule has 4 rings (SSSR count).